The van der Waals surface area contributed by atoms with Gasteiger partial charge in [0.05, 0.1) is 6.04 Å². The summed E-state index contributed by atoms with van der Waals surface area (Å²) >= 11 is 0. The van der Waals surface area contributed by atoms with E-state index in [0.717, 1.165) is 44.8 Å². The van der Waals surface area contributed by atoms with Gasteiger partial charge in [0.15, 0.2) is 0 Å². The van der Waals surface area contributed by atoms with E-state index in [0.29, 0.717) is 5.41 Å². The van der Waals surface area contributed by atoms with Crippen LogP contribution in [0.4, 0.5) is 5.82 Å². The zero-order valence-electron chi connectivity index (χ0n) is 18.4. The number of piperazine rings is 1. The molecule has 2 atom stereocenters. The fourth-order valence-electron chi connectivity index (χ4n) is 5.93. The van der Waals surface area contributed by atoms with E-state index < -0.39 is 0 Å². The van der Waals surface area contributed by atoms with Crippen molar-refractivity contribution in [3.8, 4) is 0 Å². The zero-order valence-corrected chi connectivity index (χ0v) is 18.4. The van der Waals surface area contributed by atoms with E-state index in [4.69, 9.17) is 4.98 Å². The topological polar surface area (TPSA) is 55.5 Å². The molecule has 6 rings (SSSR count). The van der Waals surface area contributed by atoms with Crippen molar-refractivity contribution in [2.45, 2.75) is 31.7 Å². The third-order valence-electron chi connectivity index (χ3n) is 7.78. The van der Waals surface area contributed by atoms with Gasteiger partial charge in [-0.3, -0.25) is 0 Å². The van der Waals surface area contributed by atoms with E-state index >= 15 is 0 Å². The minimum atomic E-state index is 0.197. The maximum absolute atomic E-state index is 4.84. The molecule has 1 spiro atoms. The molecule has 3 fully saturated rings. The van der Waals surface area contributed by atoms with Gasteiger partial charge in [0, 0.05) is 74.4 Å². The van der Waals surface area contributed by atoms with E-state index in [1.807, 2.05) is 0 Å². The third kappa shape index (κ3) is 3.66. The summed E-state index contributed by atoms with van der Waals surface area (Å²) in [5.41, 5.74) is 5.99. The summed E-state index contributed by atoms with van der Waals surface area (Å²) in [6.45, 7) is 8.86. The van der Waals surface area contributed by atoms with Crippen LogP contribution in [0.2, 0.25) is 0 Å². The van der Waals surface area contributed by atoms with Crippen molar-refractivity contribution in [2.24, 2.45) is 5.41 Å². The Hall–Kier alpha value is -2.31. The van der Waals surface area contributed by atoms with Crippen molar-refractivity contribution >= 4 is 5.82 Å². The van der Waals surface area contributed by atoms with Gasteiger partial charge in [-0.15, -0.1) is 0 Å². The van der Waals surface area contributed by atoms with Crippen LogP contribution in [0, 0.1) is 5.41 Å². The standard InChI is InChI=1S/C25H34N6/c1-2-4-21-20(3-1)23(31-12-8-25(18-31)7-9-27-17-25)15-22(29-21)19-5-6-24(28-16-19)30-13-10-26-11-14-30/h1,3,5-6,15-16,22,26-27,29H,2,4,7-14,17-18H2. The second-order valence-electron chi connectivity index (χ2n) is 9.79. The van der Waals surface area contributed by atoms with E-state index in [1.54, 1.807) is 0 Å². The first-order chi connectivity index (χ1) is 15.3. The van der Waals surface area contributed by atoms with Crippen LogP contribution in [-0.4, -0.2) is 62.2 Å². The monoisotopic (exact) mass is 418 g/mol. The lowest BCUT2D eigenvalue weighted by atomic mass is 9.86. The van der Waals surface area contributed by atoms with Crippen molar-refractivity contribution < 1.29 is 0 Å². The van der Waals surface area contributed by atoms with Gasteiger partial charge >= 0.3 is 0 Å². The fraction of sp³-hybridized carbons (Fsp3) is 0.560. The second kappa shape index (κ2) is 7.99. The van der Waals surface area contributed by atoms with Crippen molar-refractivity contribution in [2.75, 3.05) is 57.3 Å². The highest BCUT2D eigenvalue weighted by atomic mass is 15.2. The molecule has 0 aromatic carbocycles. The molecule has 1 aliphatic carbocycles. The average molecular weight is 419 g/mol. The number of aromatic nitrogens is 1. The maximum atomic E-state index is 4.84. The number of anilines is 1. The van der Waals surface area contributed by atoms with E-state index in [-0.39, 0.29) is 6.04 Å². The second-order valence-corrected chi connectivity index (χ2v) is 9.79. The Morgan fingerprint density at radius 2 is 1.94 bits per heavy atom. The van der Waals surface area contributed by atoms with Crippen molar-refractivity contribution in [1.82, 2.24) is 25.8 Å². The summed E-state index contributed by atoms with van der Waals surface area (Å²) in [5.74, 6) is 1.10. The Kier molecular flexibility index (Phi) is 4.99. The van der Waals surface area contributed by atoms with Gasteiger partial charge in [0.25, 0.3) is 0 Å². The molecule has 5 aliphatic rings. The lowest BCUT2D eigenvalue weighted by molar-refractivity contribution is 0.313. The first kappa shape index (κ1) is 19.4. The highest BCUT2D eigenvalue weighted by Gasteiger charge is 2.42. The molecule has 0 bridgehead atoms. The molecule has 31 heavy (non-hydrogen) atoms. The van der Waals surface area contributed by atoms with Crippen LogP contribution in [-0.2, 0) is 0 Å². The Bertz CT molecular complexity index is 902. The molecular formula is C25H34N6. The molecule has 0 amide bonds. The molecular weight excluding hydrogens is 384 g/mol. The van der Waals surface area contributed by atoms with E-state index in [2.05, 4.69) is 62.3 Å². The van der Waals surface area contributed by atoms with Crippen molar-refractivity contribution in [3.05, 3.63) is 59.1 Å². The number of hydrogen-bond donors (Lipinski definition) is 3. The first-order valence-electron chi connectivity index (χ1n) is 12.1. The van der Waals surface area contributed by atoms with Crippen LogP contribution in [0.3, 0.4) is 0 Å². The van der Waals surface area contributed by atoms with E-state index in [9.17, 15) is 0 Å². The van der Waals surface area contributed by atoms with Gasteiger partial charge < -0.3 is 25.8 Å². The van der Waals surface area contributed by atoms with Gasteiger partial charge in [-0.25, -0.2) is 4.98 Å². The maximum Gasteiger partial charge on any atom is 0.128 e. The largest absolute Gasteiger partial charge is 0.377 e. The summed E-state index contributed by atoms with van der Waals surface area (Å²) in [6.07, 6.45) is 14.1. The Labute approximate surface area is 185 Å². The van der Waals surface area contributed by atoms with Gasteiger partial charge in [-0.1, -0.05) is 18.2 Å². The van der Waals surface area contributed by atoms with Crippen LogP contribution in [0.5, 0.6) is 0 Å². The molecule has 4 aliphatic heterocycles. The highest BCUT2D eigenvalue weighted by Crippen LogP contribution is 2.42. The Balaban J connectivity index is 1.26. The number of hydrogen-bond acceptors (Lipinski definition) is 6. The SMILES string of the molecule is C1=CC2=C(CC1)NC(c1ccc(N3CCNCC3)nc1)C=C2N1CCC2(CCNC2)C1. The van der Waals surface area contributed by atoms with Crippen LogP contribution >= 0.6 is 0 Å². The van der Waals surface area contributed by atoms with Crippen molar-refractivity contribution in [1.29, 1.82) is 0 Å². The smallest absolute Gasteiger partial charge is 0.128 e. The van der Waals surface area contributed by atoms with Crippen LogP contribution in [0.15, 0.2) is 53.5 Å². The predicted molar refractivity (Wildman–Crippen MR) is 125 cm³/mol. The van der Waals surface area contributed by atoms with Crippen LogP contribution < -0.4 is 20.9 Å². The summed E-state index contributed by atoms with van der Waals surface area (Å²) in [4.78, 5) is 9.88. The number of rotatable bonds is 3. The Morgan fingerprint density at radius 3 is 2.74 bits per heavy atom. The Morgan fingerprint density at radius 1 is 1.00 bits per heavy atom. The normalized spacial score (nSPS) is 30.6. The molecule has 5 heterocycles. The number of dihydropyridines is 1. The molecule has 0 saturated carbocycles. The van der Waals surface area contributed by atoms with Gasteiger partial charge in [0.1, 0.15) is 5.82 Å². The number of nitrogens with zero attached hydrogens (tertiary/aromatic N) is 3. The lowest BCUT2D eigenvalue weighted by Gasteiger charge is -2.35. The van der Waals surface area contributed by atoms with E-state index in [1.165, 1.54) is 61.6 Å². The number of allylic oxidation sites excluding steroid dienone is 3. The molecule has 164 valence electrons. The average Bonchev–Trinajstić information content (AvgIpc) is 3.48. The van der Waals surface area contributed by atoms with Gasteiger partial charge in [0.2, 0.25) is 0 Å². The molecule has 1 aromatic rings. The molecule has 6 nitrogen and oxygen atoms in total. The first-order valence-corrected chi connectivity index (χ1v) is 12.1. The number of nitrogens with one attached hydrogen (secondary N) is 3. The third-order valence-corrected chi connectivity index (χ3v) is 7.78. The summed E-state index contributed by atoms with van der Waals surface area (Å²) in [6, 6.07) is 4.67. The molecule has 0 radical (unpaired) electrons. The van der Waals surface area contributed by atoms with Gasteiger partial charge in [-0.2, -0.15) is 0 Å². The minimum Gasteiger partial charge on any atom is -0.377 e. The summed E-state index contributed by atoms with van der Waals surface area (Å²) < 4.78 is 0. The summed E-state index contributed by atoms with van der Waals surface area (Å²) in [7, 11) is 0. The molecule has 1 aromatic heterocycles. The molecule has 3 saturated heterocycles. The van der Waals surface area contributed by atoms with Crippen LogP contribution in [0.25, 0.3) is 0 Å². The fourth-order valence-corrected chi connectivity index (χ4v) is 5.93. The lowest BCUT2D eigenvalue weighted by Crippen LogP contribution is -2.43. The number of pyridine rings is 1. The predicted octanol–water partition coefficient (Wildman–Crippen LogP) is 2.31. The zero-order chi connectivity index (χ0) is 20.7. The van der Waals surface area contributed by atoms with Crippen molar-refractivity contribution in [3.63, 3.8) is 0 Å². The quantitative estimate of drug-likeness (QED) is 0.701. The molecule has 3 N–H and O–H groups in total. The summed E-state index contributed by atoms with van der Waals surface area (Å²) in [5, 5.41) is 10.9. The highest BCUT2D eigenvalue weighted by molar-refractivity contribution is 5.50. The molecule has 2 unspecified atom stereocenters. The number of likely N-dealkylation sites (tertiary alicyclic amines) is 1. The van der Waals surface area contributed by atoms with Gasteiger partial charge in [-0.05, 0) is 49.9 Å². The minimum absolute atomic E-state index is 0.197. The van der Waals surface area contributed by atoms with Crippen LogP contribution in [0.1, 0.15) is 37.3 Å². The molecule has 6 heteroatoms.